The second kappa shape index (κ2) is 13.6. The molecule has 0 aromatic rings. The van der Waals surface area contributed by atoms with Gasteiger partial charge >= 0.3 is 6.03 Å². The summed E-state index contributed by atoms with van der Waals surface area (Å²) in [5.74, 6) is -0.679. The molecule has 1 saturated carbocycles. The third-order valence-corrected chi connectivity index (χ3v) is 12.1. The number of amides is 2. The average molecular weight is 654 g/mol. The molecule has 0 aromatic heterocycles. The van der Waals surface area contributed by atoms with Crippen LogP contribution in [0.15, 0.2) is 0 Å². The van der Waals surface area contributed by atoms with Gasteiger partial charge in [0.05, 0.1) is 37.2 Å². The van der Waals surface area contributed by atoms with Gasteiger partial charge in [-0.15, -0.1) is 0 Å². The van der Waals surface area contributed by atoms with Gasteiger partial charge in [-0.05, 0) is 65.6 Å². The lowest BCUT2D eigenvalue weighted by molar-refractivity contribution is -0.136. The molecule has 6 saturated heterocycles. The smallest absolute Gasteiger partial charge is 0.320 e. The third kappa shape index (κ3) is 6.09. The maximum atomic E-state index is 16.7. The Balaban J connectivity index is 1.32. The predicted octanol–water partition coefficient (Wildman–Crippen LogP) is 1.49. The van der Waals surface area contributed by atoms with Gasteiger partial charge in [0.25, 0.3) is 0 Å². The molecule has 46 heavy (non-hydrogen) atoms. The van der Waals surface area contributed by atoms with E-state index < -0.39 is 42.9 Å². The number of urea groups is 1. The molecular weight excluding hydrogens is 596 g/mol. The first-order chi connectivity index (χ1) is 22.1. The number of rotatable bonds is 4. The van der Waals surface area contributed by atoms with Crippen molar-refractivity contribution in [1.82, 2.24) is 36.0 Å². The van der Waals surface area contributed by atoms with Gasteiger partial charge in [0.2, 0.25) is 0 Å². The summed E-state index contributed by atoms with van der Waals surface area (Å²) in [6, 6.07) is -0.967. The Hall–Kier alpha value is -1.19. The molecule has 7 aliphatic rings. The fourth-order valence-corrected chi connectivity index (χ4v) is 10.1. The van der Waals surface area contributed by atoms with Crippen LogP contribution in [0.25, 0.3) is 0 Å². The number of likely N-dealkylation sites (N-methyl/N-ethyl adjacent to an activating group) is 1. The number of halogens is 2. The van der Waals surface area contributed by atoms with Gasteiger partial charge in [-0.1, -0.05) is 13.8 Å². The van der Waals surface area contributed by atoms with Crippen molar-refractivity contribution in [2.45, 2.75) is 126 Å². The minimum atomic E-state index is -1.27. The summed E-state index contributed by atoms with van der Waals surface area (Å²) in [6.07, 6.45) is -1.92. The molecule has 4 N–H and O–H groups in total. The fourth-order valence-electron chi connectivity index (χ4n) is 10.1. The van der Waals surface area contributed by atoms with E-state index in [0.717, 1.165) is 32.6 Å². The van der Waals surface area contributed by atoms with Gasteiger partial charge in [0.15, 0.2) is 6.29 Å². The van der Waals surface area contributed by atoms with Gasteiger partial charge in [-0.3, -0.25) is 10.2 Å². The lowest BCUT2D eigenvalue weighted by Gasteiger charge is -2.60. The Labute approximate surface area is 273 Å². The van der Waals surface area contributed by atoms with Crippen LogP contribution in [0.5, 0.6) is 0 Å². The van der Waals surface area contributed by atoms with Crippen LogP contribution in [-0.4, -0.2) is 148 Å². The van der Waals surface area contributed by atoms with Gasteiger partial charge in [0.1, 0.15) is 18.4 Å². The summed E-state index contributed by atoms with van der Waals surface area (Å²) in [5.41, 5.74) is 0. The van der Waals surface area contributed by atoms with E-state index in [2.05, 4.69) is 51.8 Å². The van der Waals surface area contributed by atoms with Crippen molar-refractivity contribution in [3.63, 3.8) is 0 Å². The number of alkyl halides is 2. The molecule has 6 heterocycles. The summed E-state index contributed by atoms with van der Waals surface area (Å²) in [4.78, 5) is 21.1. The highest BCUT2D eigenvalue weighted by Gasteiger charge is 2.59. The topological polar surface area (TPSA) is 103 Å². The van der Waals surface area contributed by atoms with Crippen LogP contribution in [0, 0.1) is 23.7 Å². The molecule has 262 valence electrons. The van der Waals surface area contributed by atoms with Crippen molar-refractivity contribution in [2.24, 2.45) is 23.7 Å². The molecule has 0 spiro atoms. The second-order valence-corrected chi connectivity index (χ2v) is 15.7. The van der Waals surface area contributed by atoms with Crippen LogP contribution in [0.3, 0.4) is 0 Å². The Morgan fingerprint density at radius 3 is 2.61 bits per heavy atom. The SMILES string of the molecule is CC(C)C1NCCC2C3OC(CN(C)C)OC3COC3CCCC(F)C3C3NC4C(CC3F)C(N3CCNC[C@@H]3C)NC(=O)N4C21. The predicted molar refractivity (Wildman–Crippen MR) is 169 cm³/mol. The lowest BCUT2D eigenvalue weighted by Crippen LogP contribution is -2.80. The molecule has 13 heteroatoms. The molecule has 7 fully saturated rings. The van der Waals surface area contributed by atoms with Gasteiger partial charge < -0.3 is 40.0 Å². The summed E-state index contributed by atoms with van der Waals surface area (Å²) in [7, 11) is 3.99. The largest absolute Gasteiger partial charge is 0.375 e. The third-order valence-electron chi connectivity index (χ3n) is 12.1. The minimum absolute atomic E-state index is 0.0134. The molecule has 2 amide bonds. The van der Waals surface area contributed by atoms with Crippen molar-refractivity contribution in [2.75, 3.05) is 53.4 Å². The summed E-state index contributed by atoms with van der Waals surface area (Å²) >= 11 is 0. The molecule has 7 rings (SSSR count). The Morgan fingerprint density at radius 2 is 1.85 bits per heavy atom. The molecular formula is C33H57F2N7O4. The fraction of sp³-hybridized carbons (Fsp3) is 0.970. The zero-order valence-electron chi connectivity index (χ0n) is 28.2. The van der Waals surface area contributed by atoms with E-state index >= 15 is 8.78 Å². The highest BCUT2D eigenvalue weighted by atomic mass is 19.1. The molecule has 6 aliphatic heterocycles. The molecule has 2 bridgehead atoms. The first kappa shape index (κ1) is 33.3. The van der Waals surface area contributed by atoms with E-state index in [1.54, 1.807) is 0 Å². The number of fused-ring (bicyclic) bond motifs is 7. The number of carbonyl (C=O) groups excluding carboxylic acids is 1. The van der Waals surface area contributed by atoms with E-state index in [4.69, 9.17) is 14.2 Å². The first-order valence-corrected chi connectivity index (χ1v) is 18.0. The summed E-state index contributed by atoms with van der Waals surface area (Å²) in [6.45, 7) is 10.6. The number of hydrogen-bond donors (Lipinski definition) is 4. The van der Waals surface area contributed by atoms with Crippen LogP contribution >= 0.6 is 0 Å². The normalized spacial score (nSPS) is 48.6. The van der Waals surface area contributed by atoms with Gasteiger partial charge in [0, 0.05) is 62.1 Å². The van der Waals surface area contributed by atoms with Crippen LogP contribution in [-0.2, 0) is 14.2 Å². The number of piperidine rings is 2. The monoisotopic (exact) mass is 653 g/mol. The summed E-state index contributed by atoms with van der Waals surface area (Å²) in [5, 5.41) is 14.3. The Kier molecular flexibility index (Phi) is 9.86. The van der Waals surface area contributed by atoms with E-state index in [1.807, 2.05) is 19.0 Å². The Morgan fingerprint density at radius 1 is 1.02 bits per heavy atom. The standard InChI is InChI=1S/C33H57F2N7O4/c1-17(2)27-29-19(9-10-37-27)30-24(45-25(46-30)15-40(4)5)16-44-23-8-6-7-21(34)26(23)28-22(35)13-20-31(41-12-11-36-14-18(41)3)39-33(43)42(29)32(20)38-28/h17-32,36-38H,6-16H2,1-5H3,(H,39,43)/t18-,19?,20?,21?,22?,23?,24?,25?,26?,27?,28?,29?,30?,31?,32?/m0/s1. The molecule has 11 nitrogen and oxygen atoms in total. The number of nitrogens with zero attached hydrogens (tertiary/aromatic N) is 3. The number of carbonyl (C=O) groups is 1. The van der Waals surface area contributed by atoms with Crippen molar-refractivity contribution in [3.8, 4) is 0 Å². The van der Waals surface area contributed by atoms with Gasteiger partial charge in [-0.2, -0.15) is 0 Å². The zero-order chi connectivity index (χ0) is 32.3. The van der Waals surface area contributed by atoms with Crippen molar-refractivity contribution in [1.29, 1.82) is 0 Å². The number of nitrogens with one attached hydrogen (secondary N) is 4. The highest BCUT2D eigenvalue weighted by molar-refractivity contribution is 5.76. The highest BCUT2D eigenvalue weighted by Crippen LogP contribution is 2.45. The van der Waals surface area contributed by atoms with E-state index in [9.17, 15) is 4.79 Å². The van der Waals surface area contributed by atoms with E-state index in [1.165, 1.54) is 0 Å². The molecule has 14 unspecified atom stereocenters. The van der Waals surface area contributed by atoms with Crippen LogP contribution in [0.1, 0.15) is 52.9 Å². The average Bonchev–Trinajstić information content (AvgIpc) is 3.41. The van der Waals surface area contributed by atoms with Crippen LogP contribution < -0.4 is 21.3 Å². The lowest BCUT2D eigenvalue weighted by atomic mass is 9.71. The quantitative estimate of drug-likeness (QED) is 0.360. The maximum absolute atomic E-state index is 16.7. The second-order valence-electron chi connectivity index (χ2n) is 15.7. The summed E-state index contributed by atoms with van der Waals surface area (Å²) < 4.78 is 52.6. The number of hydrogen-bond acceptors (Lipinski definition) is 9. The minimum Gasteiger partial charge on any atom is -0.375 e. The molecule has 0 aromatic carbocycles. The van der Waals surface area contributed by atoms with Crippen molar-refractivity contribution >= 4 is 6.03 Å². The van der Waals surface area contributed by atoms with Crippen molar-refractivity contribution in [3.05, 3.63) is 0 Å². The molecule has 15 atom stereocenters. The molecule has 1 aliphatic carbocycles. The van der Waals surface area contributed by atoms with Crippen molar-refractivity contribution < 1.29 is 27.8 Å². The zero-order valence-corrected chi connectivity index (χ0v) is 28.2. The maximum Gasteiger partial charge on any atom is 0.320 e. The first-order valence-electron chi connectivity index (χ1n) is 18.0. The van der Waals surface area contributed by atoms with E-state index in [0.29, 0.717) is 25.8 Å². The molecule has 0 radical (unpaired) electrons. The number of ether oxygens (including phenoxy) is 3. The number of piperazine rings is 1. The van der Waals surface area contributed by atoms with Crippen LogP contribution in [0.4, 0.5) is 13.6 Å². The Bertz CT molecular complexity index is 1080. The van der Waals surface area contributed by atoms with Gasteiger partial charge in [-0.25, -0.2) is 13.6 Å². The van der Waals surface area contributed by atoms with E-state index in [-0.39, 0.29) is 73.3 Å². The van der Waals surface area contributed by atoms with Crippen LogP contribution in [0.2, 0.25) is 0 Å².